The first-order chi connectivity index (χ1) is 8.74. The van der Waals surface area contributed by atoms with Crippen LogP contribution < -0.4 is 5.32 Å². The Labute approximate surface area is 117 Å². The van der Waals surface area contributed by atoms with Crippen LogP contribution >= 0.6 is 15.9 Å². The summed E-state index contributed by atoms with van der Waals surface area (Å²) in [5.74, 6) is 0. The molecule has 1 atom stereocenters. The molecule has 2 N–H and O–H groups in total. The van der Waals surface area contributed by atoms with Crippen LogP contribution in [0.2, 0.25) is 0 Å². The van der Waals surface area contributed by atoms with Crippen molar-refractivity contribution in [1.29, 1.82) is 0 Å². The van der Waals surface area contributed by atoms with Gasteiger partial charge in [-0.05, 0) is 43.6 Å². The minimum Gasteiger partial charge on any atom is -0.390 e. The molecule has 100 valence electrons. The number of nitrogens with zero attached hydrogens (tertiary/aromatic N) is 1. The standard InChI is InChI=1S/C14H21BrN2O/c15-13-5-3-12(4-6-13)9-16-10-14(18)11-17-7-1-2-8-17/h3-6,14,16,18H,1-2,7-11H2/t14-/m0/s1. The van der Waals surface area contributed by atoms with Crippen LogP contribution in [0, 0.1) is 0 Å². The van der Waals surface area contributed by atoms with Crippen LogP contribution in [0.15, 0.2) is 28.7 Å². The lowest BCUT2D eigenvalue weighted by molar-refractivity contribution is 0.123. The van der Waals surface area contributed by atoms with Gasteiger partial charge in [0, 0.05) is 24.1 Å². The lowest BCUT2D eigenvalue weighted by Crippen LogP contribution is -2.36. The fourth-order valence-electron chi connectivity index (χ4n) is 2.31. The summed E-state index contributed by atoms with van der Waals surface area (Å²) < 4.78 is 1.10. The summed E-state index contributed by atoms with van der Waals surface area (Å²) in [6.45, 7) is 4.55. The number of β-amino-alcohol motifs (C(OH)–C–C–N with tert-alkyl or cyclic N) is 1. The van der Waals surface area contributed by atoms with Crippen LogP contribution in [0.1, 0.15) is 18.4 Å². The van der Waals surface area contributed by atoms with Gasteiger partial charge in [0.05, 0.1) is 6.10 Å². The number of aliphatic hydroxyl groups excluding tert-OH is 1. The number of halogens is 1. The topological polar surface area (TPSA) is 35.5 Å². The fraction of sp³-hybridized carbons (Fsp3) is 0.571. The molecule has 0 radical (unpaired) electrons. The van der Waals surface area contributed by atoms with Crippen LogP contribution in [-0.4, -0.2) is 42.3 Å². The summed E-state index contributed by atoms with van der Waals surface area (Å²) in [6, 6.07) is 8.25. The van der Waals surface area contributed by atoms with Gasteiger partial charge in [0.25, 0.3) is 0 Å². The molecule has 1 saturated heterocycles. The van der Waals surface area contributed by atoms with E-state index in [1.807, 2.05) is 12.1 Å². The highest BCUT2D eigenvalue weighted by molar-refractivity contribution is 9.10. The van der Waals surface area contributed by atoms with Gasteiger partial charge >= 0.3 is 0 Å². The van der Waals surface area contributed by atoms with Crippen LogP contribution in [0.4, 0.5) is 0 Å². The number of benzene rings is 1. The van der Waals surface area contributed by atoms with Crippen molar-refractivity contribution in [1.82, 2.24) is 10.2 Å². The van der Waals surface area contributed by atoms with Crippen LogP contribution in [-0.2, 0) is 6.54 Å². The Morgan fingerprint density at radius 1 is 1.22 bits per heavy atom. The molecule has 1 fully saturated rings. The van der Waals surface area contributed by atoms with Crippen molar-refractivity contribution in [2.45, 2.75) is 25.5 Å². The fourth-order valence-corrected chi connectivity index (χ4v) is 2.58. The van der Waals surface area contributed by atoms with E-state index in [9.17, 15) is 5.11 Å². The van der Waals surface area contributed by atoms with Crippen LogP contribution in [0.5, 0.6) is 0 Å². The van der Waals surface area contributed by atoms with Crippen molar-refractivity contribution in [3.05, 3.63) is 34.3 Å². The van der Waals surface area contributed by atoms with Gasteiger partial charge in [0.15, 0.2) is 0 Å². The molecule has 0 spiro atoms. The summed E-state index contributed by atoms with van der Waals surface area (Å²) in [6.07, 6.45) is 2.29. The van der Waals surface area contributed by atoms with Gasteiger partial charge in [0.2, 0.25) is 0 Å². The molecule has 0 saturated carbocycles. The number of aliphatic hydroxyl groups is 1. The van der Waals surface area contributed by atoms with Gasteiger partial charge in [-0.15, -0.1) is 0 Å². The second-order valence-electron chi connectivity index (χ2n) is 4.92. The van der Waals surface area contributed by atoms with Crippen molar-refractivity contribution in [2.24, 2.45) is 0 Å². The van der Waals surface area contributed by atoms with Crippen LogP contribution in [0.25, 0.3) is 0 Å². The van der Waals surface area contributed by atoms with Crippen molar-refractivity contribution < 1.29 is 5.11 Å². The lowest BCUT2D eigenvalue weighted by atomic mass is 10.2. The molecule has 0 bridgehead atoms. The van der Waals surface area contributed by atoms with Crippen molar-refractivity contribution >= 4 is 15.9 Å². The average molecular weight is 313 g/mol. The highest BCUT2D eigenvalue weighted by Crippen LogP contribution is 2.10. The van der Waals surface area contributed by atoms with E-state index in [0.717, 1.165) is 30.7 Å². The summed E-state index contributed by atoms with van der Waals surface area (Å²) in [5, 5.41) is 13.2. The highest BCUT2D eigenvalue weighted by Gasteiger charge is 2.15. The molecule has 1 aromatic rings. The Kier molecular flexibility index (Phi) is 5.63. The molecular weight excluding hydrogens is 292 g/mol. The Hall–Kier alpha value is -0.420. The number of hydrogen-bond acceptors (Lipinski definition) is 3. The zero-order valence-electron chi connectivity index (χ0n) is 10.6. The van der Waals surface area contributed by atoms with Crippen molar-refractivity contribution in [3.63, 3.8) is 0 Å². The van der Waals surface area contributed by atoms with E-state index in [4.69, 9.17) is 0 Å². The summed E-state index contributed by atoms with van der Waals surface area (Å²) in [4.78, 5) is 2.34. The van der Waals surface area contributed by atoms with Gasteiger partial charge in [-0.1, -0.05) is 28.1 Å². The minimum atomic E-state index is -0.265. The second-order valence-corrected chi connectivity index (χ2v) is 5.83. The first kappa shape index (κ1) is 14.0. The summed E-state index contributed by atoms with van der Waals surface area (Å²) >= 11 is 3.42. The van der Waals surface area contributed by atoms with E-state index in [1.165, 1.54) is 18.4 Å². The van der Waals surface area contributed by atoms with E-state index >= 15 is 0 Å². The third kappa shape index (κ3) is 4.69. The number of rotatable bonds is 6. The minimum absolute atomic E-state index is 0.265. The molecule has 1 aliphatic rings. The Balaban J connectivity index is 1.63. The number of nitrogens with one attached hydrogen (secondary N) is 1. The maximum absolute atomic E-state index is 9.92. The van der Waals surface area contributed by atoms with Gasteiger partial charge < -0.3 is 15.3 Å². The quantitative estimate of drug-likeness (QED) is 0.843. The van der Waals surface area contributed by atoms with Crippen molar-refractivity contribution in [3.8, 4) is 0 Å². The monoisotopic (exact) mass is 312 g/mol. The van der Waals surface area contributed by atoms with Crippen molar-refractivity contribution in [2.75, 3.05) is 26.2 Å². The predicted octanol–water partition coefficient (Wildman–Crippen LogP) is 2.00. The molecule has 2 rings (SSSR count). The van der Waals surface area contributed by atoms with Gasteiger partial charge in [-0.25, -0.2) is 0 Å². The third-order valence-corrected chi connectivity index (χ3v) is 3.82. The van der Waals surface area contributed by atoms with E-state index in [2.05, 4.69) is 38.3 Å². The normalized spacial score (nSPS) is 18.1. The molecule has 0 aromatic heterocycles. The van der Waals surface area contributed by atoms with E-state index < -0.39 is 0 Å². The summed E-state index contributed by atoms with van der Waals surface area (Å²) in [7, 11) is 0. The smallest absolute Gasteiger partial charge is 0.0791 e. The average Bonchev–Trinajstić information content (AvgIpc) is 2.84. The van der Waals surface area contributed by atoms with Gasteiger partial charge in [-0.2, -0.15) is 0 Å². The van der Waals surface area contributed by atoms with Crippen LogP contribution in [0.3, 0.4) is 0 Å². The van der Waals surface area contributed by atoms with Gasteiger partial charge in [0.1, 0.15) is 0 Å². The van der Waals surface area contributed by atoms with E-state index in [0.29, 0.717) is 6.54 Å². The molecule has 4 heteroatoms. The SMILES string of the molecule is O[C@@H](CNCc1ccc(Br)cc1)CN1CCCC1. The first-order valence-electron chi connectivity index (χ1n) is 6.59. The molecule has 1 aliphatic heterocycles. The largest absolute Gasteiger partial charge is 0.390 e. The Morgan fingerprint density at radius 3 is 2.56 bits per heavy atom. The molecule has 18 heavy (non-hydrogen) atoms. The molecule has 0 unspecified atom stereocenters. The Morgan fingerprint density at radius 2 is 1.89 bits per heavy atom. The zero-order chi connectivity index (χ0) is 12.8. The zero-order valence-corrected chi connectivity index (χ0v) is 12.2. The third-order valence-electron chi connectivity index (χ3n) is 3.29. The maximum Gasteiger partial charge on any atom is 0.0791 e. The molecular formula is C14H21BrN2O. The molecule has 0 aliphatic carbocycles. The number of likely N-dealkylation sites (tertiary alicyclic amines) is 1. The molecule has 3 nitrogen and oxygen atoms in total. The molecule has 1 aromatic carbocycles. The second kappa shape index (κ2) is 7.24. The summed E-state index contributed by atoms with van der Waals surface area (Å²) in [5.41, 5.74) is 1.24. The Bertz CT molecular complexity index is 349. The van der Waals surface area contributed by atoms with E-state index in [1.54, 1.807) is 0 Å². The highest BCUT2D eigenvalue weighted by atomic mass is 79.9. The molecule has 1 heterocycles. The maximum atomic E-state index is 9.92. The molecule has 0 amide bonds. The lowest BCUT2D eigenvalue weighted by Gasteiger charge is -2.19. The van der Waals surface area contributed by atoms with Gasteiger partial charge in [-0.3, -0.25) is 0 Å². The van der Waals surface area contributed by atoms with E-state index in [-0.39, 0.29) is 6.10 Å². The first-order valence-corrected chi connectivity index (χ1v) is 7.39. The number of hydrogen-bond donors (Lipinski definition) is 2. The predicted molar refractivity (Wildman–Crippen MR) is 77.5 cm³/mol.